The maximum Gasteiger partial charge on any atom is 0.277 e. The minimum Gasteiger partial charge on any atom is -0.384 e. The molecule has 12 heteroatoms. The summed E-state index contributed by atoms with van der Waals surface area (Å²) in [5.41, 5.74) is 6.83. The number of nitrogens with zero attached hydrogens (tertiary/aromatic N) is 5. The topological polar surface area (TPSA) is 141 Å². The van der Waals surface area contributed by atoms with Crippen molar-refractivity contribution in [1.29, 1.82) is 0 Å². The van der Waals surface area contributed by atoms with Gasteiger partial charge in [0, 0.05) is 33.1 Å². The van der Waals surface area contributed by atoms with Gasteiger partial charge in [0.2, 0.25) is 5.91 Å². The zero-order chi connectivity index (χ0) is 26.2. The summed E-state index contributed by atoms with van der Waals surface area (Å²) in [4.78, 5) is 36.1. The maximum atomic E-state index is 13.4. The fourth-order valence-corrected chi connectivity index (χ4v) is 6.41. The van der Waals surface area contributed by atoms with Crippen LogP contribution < -0.4 is 21.9 Å². The van der Waals surface area contributed by atoms with Crippen LogP contribution in [-0.2, 0) is 17.8 Å². The molecule has 0 fully saturated rings. The first-order valence-electron chi connectivity index (χ1n) is 12.1. The SMILES string of the molecule is C[C@H](Nc1cnc2n(c1=O)[C@H](C(=O)NCc1cc3cnc(N)cc3s1)CC2)c1nnc(-c2ccccc2)s1. The zero-order valence-corrected chi connectivity index (χ0v) is 22.1. The Kier molecular flexibility index (Phi) is 6.34. The number of carbonyl (C=O) groups is 1. The first-order valence-corrected chi connectivity index (χ1v) is 13.8. The molecule has 4 aromatic heterocycles. The Morgan fingerprint density at radius 2 is 2.00 bits per heavy atom. The molecule has 0 spiro atoms. The first-order chi connectivity index (χ1) is 18.5. The van der Waals surface area contributed by atoms with Gasteiger partial charge in [-0.2, -0.15) is 0 Å². The van der Waals surface area contributed by atoms with Gasteiger partial charge in [0.15, 0.2) is 0 Å². The second-order valence-electron chi connectivity index (χ2n) is 9.07. The van der Waals surface area contributed by atoms with Gasteiger partial charge in [-0.25, -0.2) is 9.97 Å². The van der Waals surface area contributed by atoms with Gasteiger partial charge in [0.05, 0.1) is 18.8 Å². The molecule has 5 heterocycles. The van der Waals surface area contributed by atoms with E-state index in [0.29, 0.717) is 36.7 Å². The van der Waals surface area contributed by atoms with E-state index in [4.69, 9.17) is 5.73 Å². The third-order valence-electron chi connectivity index (χ3n) is 6.44. The number of aromatic nitrogens is 5. The lowest BCUT2D eigenvalue weighted by atomic mass is 10.2. The van der Waals surface area contributed by atoms with Crippen molar-refractivity contribution in [3.05, 3.63) is 80.9 Å². The monoisotopic (exact) mass is 544 g/mol. The first kappa shape index (κ1) is 24.2. The van der Waals surface area contributed by atoms with Gasteiger partial charge in [-0.1, -0.05) is 41.7 Å². The lowest BCUT2D eigenvalue weighted by Crippen LogP contribution is -2.36. The summed E-state index contributed by atoms with van der Waals surface area (Å²) in [7, 11) is 0. The summed E-state index contributed by atoms with van der Waals surface area (Å²) in [6, 6.07) is 12.8. The van der Waals surface area contributed by atoms with E-state index in [0.717, 1.165) is 30.5 Å². The average Bonchev–Trinajstić information content (AvgIpc) is 3.67. The highest BCUT2D eigenvalue weighted by Crippen LogP contribution is 2.29. The molecule has 0 bridgehead atoms. The standard InChI is InChI=1S/C26H24N8O2S2/c1-14(24-32-33-25(38-24)15-5-3-2-4-6-15)31-18-13-29-22-8-7-19(34(22)26(18)36)23(35)30-12-17-9-16-11-28-21(27)10-20(16)37-17/h2-6,9-11,13-14,19,31H,7-8,12H2,1H3,(H2,27,28)(H,30,35)/t14-,19-/m0/s1. The van der Waals surface area contributed by atoms with Gasteiger partial charge in [-0.3, -0.25) is 14.2 Å². The number of anilines is 2. The summed E-state index contributed by atoms with van der Waals surface area (Å²) in [5.74, 6) is 0.870. The Balaban J connectivity index is 1.16. The number of carbonyl (C=O) groups excluding carboxylic acids is 1. The molecule has 0 saturated carbocycles. The second kappa shape index (κ2) is 9.95. The number of benzene rings is 1. The van der Waals surface area contributed by atoms with Crippen LogP contribution in [0.4, 0.5) is 11.5 Å². The Morgan fingerprint density at radius 3 is 2.84 bits per heavy atom. The smallest absolute Gasteiger partial charge is 0.277 e. The van der Waals surface area contributed by atoms with Crippen LogP contribution in [-0.4, -0.2) is 30.6 Å². The number of nitrogens with one attached hydrogen (secondary N) is 2. The number of nitrogens with two attached hydrogens (primary N) is 1. The van der Waals surface area contributed by atoms with Crippen LogP contribution in [0.15, 0.2) is 59.7 Å². The fourth-order valence-electron chi connectivity index (χ4n) is 4.54. The molecule has 1 aliphatic rings. The van der Waals surface area contributed by atoms with Crippen molar-refractivity contribution in [2.24, 2.45) is 0 Å². The Hall–Kier alpha value is -4.16. The van der Waals surface area contributed by atoms with E-state index in [1.54, 1.807) is 23.7 Å². The van der Waals surface area contributed by atoms with Crippen LogP contribution >= 0.6 is 22.7 Å². The molecule has 1 amide bonds. The van der Waals surface area contributed by atoms with Gasteiger partial charge >= 0.3 is 0 Å². The number of thiophene rings is 1. The van der Waals surface area contributed by atoms with Crippen LogP contribution in [0, 0.1) is 0 Å². The molecule has 2 atom stereocenters. The number of rotatable bonds is 7. The molecule has 38 heavy (non-hydrogen) atoms. The van der Waals surface area contributed by atoms with Crippen molar-refractivity contribution >= 4 is 50.2 Å². The minimum atomic E-state index is -0.611. The summed E-state index contributed by atoms with van der Waals surface area (Å²) >= 11 is 3.03. The van der Waals surface area contributed by atoms with E-state index >= 15 is 0 Å². The molecular weight excluding hydrogens is 520 g/mol. The van der Waals surface area contributed by atoms with Crippen LogP contribution in [0.2, 0.25) is 0 Å². The molecule has 192 valence electrons. The van der Waals surface area contributed by atoms with Gasteiger partial charge < -0.3 is 16.4 Å². The maximum absolute atomic E-state index is 13.4. The largest absolute Gasteiger partial charge is 0.384 e. The lowest BCUT2D eigenvalue weighted by molar-refractivity contribution is -0.124. The third-order valence-corrected chi connectivity index (χ3v) is 8.69. The number of pyridine rings is 1. The van der Waals surface area contributed by atoms with Crippen molar-refractivity contribution in [3.8, 4) is 10.6 Å². The summed E-state index contributed by atoms with van der Waals surface area (Å²) in [6.45, 7) is 2.28. The summed E-state index contributed by atoms with van der Waals surface area (Å²) in [5, 5.41) is 17.4. The zero-order valence-electron chi connectivity index (χ0n) is 20.4. The van der Waals surface area contributed by atoms with Crippen LogP contribution in [0.5, 0.6) is 0 Å². The van der Waals surface area contributed by atoms with Crippen LogP contribution in [0.25, 0.3) is 20.7 Å². The molecule has 1 aromatic carbocycles. The number of amides is 1. The quantitative estimate of drug-likeness (QED) is 0.280. The predicted octanol–water partition coefficient (Wildman–Crippen LogP) is 3.93. The number of nitrogen functional groups attached to an aromatic ring is 1. The predicted molar refractivity (Wildman–Crippen MR) is 149 cm³/mol. The Morgan fingerprint density at radius 1 is 1.16 bits per heavy atom. The van der Waals surface area contributed by atoms with E-state index in [2.05, 4.69) is 30.8 Å². The van der Waals surface area contributed by atoms with Crippen molar-refractivity contribution in [2.45, 2.75) is 38.4 Å². The normalized spacial score (nSPS) is 15.3. The van der Waals surface area contributed by atoms with Gasteiger partial charge in [0.25, 0.3) is 5.56 Å². The molecule has 0 aliphatic carbocycles. The third kappa shape index (κ3) is 4.63. The second-order valence-corrected chi connectivity index (χ2v) is 11.3. The molecule has 5 aromatic rings. The number of hydrogen-bond donors (Lipinski definition) is 3. The highest BCUT2D eigenvalue weighted by molar-refractivity contribution is 7.19. The van der Waals surface area contributed by atoms with E-state index in [1.807, 2.05) is 49.4 Å². The molecule has 1 aliphatic heterocycles. The lowest BCUT2D eigenvalue weighted by Gasteiger charge is -2.17. The fraction of sp³-hybridized carbons (Fsp3) is 0.231. The number of hydrogen-bond acceptors (Lipinski definition) is 10. The highest BCUT2D eigenvalue weighted by atomic mass is 32.1. The molecule has 0 unspecified atom stereocenters. The molecule has 10 nitrogen and oxygen atoms in total. The van der Waals surface area contributed by atoms with E-state index in [9.17, 15) is 9.59 Å². The van der Waals surface area contributed by atoms with Crippen molar-refractivity contribution in [3.63, 3.8) is 0 Å². The molecule has 0 radical (unpaired) electrons. The van der Waals surface area contributed by atoms with Gasteiger partial charge in [0.1, 0.15) is 33.4 Å². The van der Waals surface area contributed by atoms with Crippen LogP contribution in [0.1, 0.15) is 41.1 Å². The number of fused-ring (bicyclic) bond motifs is 2. The van der Waals surface area contributed by atoms with E-state index in [1.165, 1.54) is 15.9 Å². The Labute approximate surface area is 225 Å². The van der Waals surface area contributed by atoms with Crippen molar-refractivity contribution in [2.75, 3.05) is 11.1 Å². The van der Waals surface area contributed by atoms with Gasteiger partial charge in [-0.15, -0.1) is 21.5 Å². The molecule has 0 saturated heterocycles. The number of aryl methyl sites for hydroxylation is 1. The highest BCUT2D eigenvalue weighted by Gasteiger charge is 2.31. The van der Waals surface area contributed by atoms with Crippen LogP contribution in [0.3, 0.4) is 0 Å². The Bertz CT molecular complexity index is 1690. The molecular formula is C26H24N8O2S2. The molecule has 6 rings (SSSR count). The summed E-state index contributed by atoms with van der Waals surface area (Å²) < 4.78 is 2.53. The van der Waals surface area contributed by atoms with E-state index in [-0.39, 0.29) is 17.5 Å². The van der Waals surface area contributed by atoms with Crippen molar-refractivity contribution < 1.29 is 4.79 Å². The van der Waals surface area contributed by atoms with E-state index < -0.39 is 6.04 Å². The molecule has 4 N–H and O–H groups in total. The minimum absolute atomic E-state index is 0.204. The van der Waals surface area contributed by atoms with Gasteiger partial charge in [-0.05, 0) is 25.5 Å². The average molecular weight is 545 g/mol. The summed E-state index contributed by atoms with van der Waals surface area (Å²) in [6.07, 6.45) is 4.36. The van der Waals surface area contributed by atoms with Crippen molar-refractivity contribution in [1.82, 2.24) is 30.0 Å².